The zero-order valence-electron chi connectivity index (χ0n) is 10.2. The number of halogens is 1. The molecule has 0 saturated carbocycles. The number of phenolic OH excluding ortho intramolecular Hbond substituents is 1. The minimum absolute atomic E-state index is 0.0213. The van der Waals surface area contributed by atoms with Crippen LogP contribution in [0, 0.1) is 0 Å². The van der Waals surface area contributed by atoms with Crippen molar-refractivity contribution in [1.82, 2.24) is 5.32 Å². The van der Waals surface area contributed by atoms with Crippen molar-refractivity contribution in [2.45, 2.75) is 25.8 Å². The first kappa shape index (κ1) is 14.5. The molecule has 4 N–H and O–H groups in total. The lowest BCUT2D eigenvalue weighted by atomic mass is 9.99. The molecule has 0 saturated heterocycles. The van der Waals surface area contributed by atoms with Crippen LogP contribution in [0.4, 0.5) is 0 Å². The summed E-state index contributed by atoms with van der Waals surface area (Å²) in [6, 6.07) is 4.55. The Balaban J connectivity index is 2.88. The molecule has 0 unspecified atom stereocenters. The van der Waals surface area contributed by atoms with E-state index in [1.54, 1.807) is 19.9 Å². The van der Waals surface area contributed by atoms with E-state index in [1.807, 2.05) is 0 Å². The summed E-state index contributed by atoms with van der Waals surface area (Å²) in [4.78, 5) is 22.8. The van der Waals surface area contributed by atoms with Gasteiger partial charge in [0.15, 0.2) is 0 Å². The molecule has 0 aromatic heterocycles. The minimum Gasteiger partial charge on any atom is -0.507 e. The molecule has 0 aliphatic heterocycles. The molecule has 0 atom stereocenters. The molecule has 18 heavy (non-hydrogen) atoms. The Morgan fingerprint density at radius 3 is 2.61 bits per heavy atom. The van der Waals surface area contributed by atoms with E-state index in [0.29, 0.717) is 4.47 Å². The first-order chi connectivity index (χ1) is 8.21. The topological polar surface area (TPSA) is 92.4 Å². The van der Waals surface area contributed by atoms with E-state index in [9.17, 15) is 14.7 Å². The highest BCUT2D eigenvalue weighted by atomic mass is 79.9. The zero-order valence-corrected chi connectivity index (χ0v) is 11.7. The molecule has 0 aliphatic rings. The number of benzene rings is 1. The molecule has 6 heteroatoms. The second-order valence-corrected chi connectivity index (χ2v) is 5.56. The fourth-order valence-corrected chi connectivity index (χ4v) is 1.91. The van der Waals surface area contributed by atoms with Gasteiger partial charge in [-0.25, -0.2) is 0 Å². The highest BCUT2D eigenvalue weighted by Gasteiger charge is 2.24. The van der Waals surface area contributed by atoms with Gasteiger partial charge in [-0.2, -0.15) is 0 Å². The first-order valence-electron chi connectivity index (χ1n) is 5.30. The van der Waals surface area contributed by atoms with Crippen molar-refractivity contribution >= 4 is 27.7 Å². The number of aromatic hydroxyl groups is 1. The molecule has 2 amide bonds. The smallest absolute Gasteiger partial charge is 0.255 e. The third-order valence-electron chi connectivity index (χ3n) is 2.27. The minimum atomic E-state index is -0.766. The molecule has 0 fully saturated rings. The maximum absolute atomic E-state index is 12.0. The van der Waals surface area contributed by atoms with E-state index in [-0.39, 0.29) is 17.7 Å². The average Bonchev–Trinajstić information content (AvgIpc) is 2.18. The van der Waals surface area contributed by atoms with Crippen molar-refractivity contribution in [1.29, 1.82) is 0 Å². The number of amides is 2. The summed E-state index contributed by atoms with van der Waals surface area (Å²) in [6.45, 7) is 3.37. The number of carbonyl (C=O) groups is 2. The van der Waals surface area contributed by atoms with Gasteiger partial charge in [0.1, 0.15) is 5.75 Å². The second-order valence-electron chi connectivity index (χ2n) is 4.64. The molecule has 98 valence electrons. The number of hydrogen-bond acceptors (Lipinski definition) is 3. The number of hydrogen-bond donors (Lipinski definition) is 3. The van der Waals surface area contributed by atoms with E-state index in [1.165, 1.54) is 12.1 Å². The van der Waals surface area contributed by atoms with Gasteiger partial charge in [-0.05, 0) is 32.0 Å². The van der Waals surface area contributed by atoms with Crippen molar-refractivity contribution in [2.75, 3.05) is 0 Å². The summed E-state index contributed by atoms with van der Waals surface area (Å²) in [6.07, 6.45) is 0.0213. The van der Waals surface area contributed by atoms with Crippen LogP contribution in [0.5, 0.6) is 5.75 Å². The highest BCUT2D eigenvalue weighted by Crippen LogP contribution is 2.22. The predicted molar refractivity (Wildman–Crippen MR) is 71.2 cm³/mol. The van der Waals surface area contributed by atoms with Gasteiger partial charge >= 0.3 is 0 Å². The molecule has 5 nitrogen and oxygen atoms in total. The normalized spacial score (nSPS) is 11.1. The predicted octanol–water partition coefficient (Wildman–Crippen LogP) is 1.54. The monoisotopic (exact) mass is 314 g/mol. The Bertz CT molecular complexity index is 486. The van der Waals surface area contributed by atoms with Crippen LogP contribution in [0.1, 0.15) is 30.6 Å². The third kappa shape index (κ3) is 4.03. The van der Waals surface area contributed by atoms with E-state index in [2.05, 4.69) is 21.2 Å². The number of rotatable bonds is 4. The fraction of sp³-hybridized carbons (Fsp3) is 0.333. The summed E-state index contributed by atoms with van der Waals surface area (Å²) in [5, 5.41) is 12.3. The summed E-state index contributed by atoms with van der Waals surface area (Å²) in [5.74, 6) is -1.08. The maximum atomic E-state index is 12.0. The molecule has 1 aromatic carbocycles. The lowest BCUT2D eigenvalue weighted by Gasteiger charge is -2.24. The molecule has 0 spiro atoms. The molecule has 0 radical (unpaired) electrons. The van der Waals surface area contributed by atoms with E-state index in [0.717, 1.165) is 0 Å². The van der Waals surface area contributed by atoms with Crippen molar-refractivity contribution in [3.63, 3.8) is 0 Å². The molecule has 0 bridgehead atoms. The summed E-state index contributed by atoms with van der Waals surface area (Å²) in [5.41, 5.74) is 4.47. The molecular weight excluding hydrogens is 300 g/mol. The van der Waals surface area contributed by atoms with Gasteiger partial charge in [-0.15, -0.1) is 0 Å². The van der Waals surface area contributed by atoms with Gasteiger partial charge in [0.05, 0.1) is 5.56 Å². The van der Waals surface area contributed by atoms with E-state index >= 15 is 0 Å². The van der Waals surface area contributed by atoms with Gasteiger partial charge in [-0.1, -0.05) is 15.9 Å². The van der Waals surface area contributed by atoms with Gasteiger partial charge in [0, 0.05) is 16.4 Å². The lowest BCUT2D eigenvalue weighted by molar-refractivity contribution is -0.119. The summed E-state index contributed by atoms with van der Waals surface area (Å²) >= 11 is 3.22. The molecule has 1 rings (SSSR count). The van der Waals surface area contributed by atoms with Crippen molar-refractivity contribution in [3.05, 3.63) is 28.2 Å². The van der Waals surface area contributed by atoms with Gasteiger partial charge in [-0.3, -0.25) is 9.59 Å². The van der Waals surface area contributed by atoms with Crippen LogP contribution in [0.25, 0.3) is 0 Å². The number of phenols is 1. The average molecular weight is 315 g/mol. The Kier molecular flexibility index (Phi) is 4.34. The van der Waals surface area contributed by atoms with Crippen molar-refractivity contribution < 1.29 is 14.7 Å². The number of primary amides is 1. The van der Waals surface area contributed by atoms with Gasteiger partial charge in [0.25, 0.3) is 5.91 Å². The van der Waals surface area contributed by atoms with Crippen LogP contribution in [-0.2, 0) is 4.79 Å². The second kappa shape index (κ2) is 5.39. The molecule has 0 aliphatic carbocycles. The third-order valence-corrected chi connectivity index (χ3v) is 2.76. The number of carbonyl (C=O) groups excluding carboxylic acids is 2. The lowest BCUT2D eigenvalue weighted by Crippen LogP contribution is -2.46. The van der Waals surface area contributed by atoms with Crippen LogP contribution in [0.2, 0.25) is 0 Å². The Labute approximate surface area is 113 Å². The fourth-order valence-electron chi connectivity index (χ4n) is 1.54. The first-order valence-corrected chi connectivity index (χ1v) is 6.10. The number of nitrogens with two attached hydrogens (primary N) is 1. The van der Waals surface area contributed by atoms with Crippen molar-refractivity contribution in [3.8, 4) is 5.75 Å². The Hall–Kier alpha value is -1.56. The zero-order chi connectivity index (χ0) is 13.9. The van der Waals surface area contributed by atoms with Crippen LogP contribution >= 0.6 is 15.9 Å². The van der Waals surface area contributed by atoms with Gasteiger partial charge < -0.3 is 16.2 Å². The van der Waals surface area contributed by atoms with E-state index < -0.39 is 17.4 Å². The molecule has 1 aromatic rings. The Morgan fingerprint density at radius 1 is 1.44 bits per heavy atom. The van der Waals surface area contributed by atoms with E-state index in [4.69, 9.17) is 5.73 Å². The Morgan fingerprint density at radius 2 is 2.06 bits per heavy atom. The quantitative estimate of drug-likeness (QED) is 0.787. The van der Waals surface area contributed by atoms with Crippen molar-refractivity contribution in [2.24, 2.45) is 5.73 Å². The largest absolute Gasteiger partial charge is 0.507 e. The number of nitrogens with one attached hydrogen (secondary N) is 1. The van der Waals surface area contributed by atoms with Crippen LogP contribution in [-0.4, -0.2) is 22.5 Å². The maximum Gasteiger partial charge on any atom is 0.255 e. The van der Waals surface area contributed by atoms with Gasteiger partial charge in [0.2, 0.25) is 5.91 Å². The molecule has 0 heterocycles. The summed E-state index contributed by atoms with van der Waals surface area (Å²) in [7, 11) is 0. The van der Waals surface area contributed by atoms with Crippen LogP contribution < -0.4 is 11.1 Å². The SMILES string of the molecule is CC(C)(CC(N)=O)NC(=O)c1cc(Br)ccc1O. The standard InChI is InChI=1S/C12H15BrN2O3/c1-12(2,6-10(14)17)15-11(18)8-5-7(13)3-4-9(8)16/h3-5,16H,6H2,1-2H3,(H2,14,17)(H,15,18). The van der Waals surface area contributed by atoms with Crippen LogP contribution in [0.3, 0.4) is 0 Å². The highest BCUT2D eigenvalue weighted by molar-refractivity contribution is 9.10. The molecular formula is C12H15BrN2O3. The summed E-state index contributed by atoms with van der Waals surface area (Å²) < 4.78 is 0.679. The van der Waals surface area contributed by atoms with Crippen LogP contribution in [0.15, 0.2) is 22.7 Å².